The van der Waals surface area contributed by atoms with Crippen LogP contribution in [0.3, 0.4) is 0 Å². The number of hydrogen-bond acceptors (Lipinski definition) is 7. The van der Waals surface area contributed by atoms with Crippen molar-refractivity contribution in [3.05, 3.63) is 0 Å². The zero-order chi connectivity index (χ0) is 25.0. The molecule has 4 fully saturated rings. The predicted molar refractivity (Wildman–Crippen MR) is 123 cm³/mol. The summed E-state index contributed by atoms with van der Waals surface area (Å²) in [5.41, 5.74) is -0.450. The van der Waals surface area contributed by atoms with E-state index in [4.69, 9.17) is 14.2 Å². The minimum atomic E-state index is -0.932. The molecule has 0 aliphatic heterocycles. The van der Waals surface area contributed by atoms with Crippen molar-refractivity contribution in [2.45, 2.75) is 105 Å². The average molecular weight is 477 g/mol. The van der Waals surface area contributed by atoms with Gasteiger partial charge in [0.05, 0.1) is 0 Å². The fourth-order valence-corrected chi connectivity index (χ4v) is 8.84. The van der Waals surface area contributed by atoms with Crippen LogP contribution in [0.25, 0.3) is 0 Å². The zero-order valence-electron chi connectivity index (χ0n) is 21.4. The lowest BCUT2D eigenvalue weighted by atomic mass is 9.43. The Balaban J connectivity index is 1.78. The molecule has 7 nitrogen and oxygen atoms in total. The molecule has 0 spiro atoms. The largest absolute Gasteiger partial charge is 0.458 e. The molecule has 0 radical (unpaired) electrons. The van der Waals surface area contributed by atoms with Gasteiger partial charge in [-0.3, -0.25) is 19.2 Å². The smallest absolute Gasteiger partial charge is 0.303 e. The van der Waals surface area contributed by atoms with Crippen molar-refractivity contribution in [1.29, 1.82) is 0 Å². The molecule has 10 atom stereocenters. The summed E-state index contributed by atoms with van der Waals surface area (Å²) in [7, 11) is 0. The highest BCUT2D eigenvalue weighted by molar-refractivity contribution is 5.84. The van der Waals surface area contributed by atoms with E-state index in [2.05, 4.69) is 20.8 Å². The van der Waals surface area contributed by atoms with E-state index in [1.165, 1.54) is 27.2 Å². The van der Waals surface area contributed by atoms with Crippen LogP contribution in [0, 0.1) is 40.4 Å². The van der Waals surface area contributed by atoms with Crippen LogP contribution < -0.4 is 0 Å². The molecule has 0 saturated heterocycles. The van der Waals surface area contributed by atoms with E-state index in [0.717, 1.165) is 25.7 Å². The van der Waals surface area contributed by atoms with Gasteiger partial charge in [0.25, 0.3) is 0 Å². The number of ketones is 1. The summed E-state index contributed by atoms with van der Waals surface area (Å²) in [6.07, 6.45) is 3.75. The number of fused-ring (bicyclic) bond motifs is 5. The summed E-state index contributed by atoms with van der Waals surface area (Å²) in [5.74, 6) is -0.254. The molecule has 0 aromatic rings. The Morgan fingerprint density at radius 2 is 1.56 bits per heavy atom. The monoisotopic (exact) mass is 476 g/mol. The van der Waals surface area contributed by atoms with Crippen molar-refractivity contribution in [1.82, 2.24) is 0 Å². The highest BCUT2D eigenvalue weighted by Crippen LogP contribution is 2.67. The first-order valence-corrected chi connectivity index (χ1v) is 13.0. The van der Waals surface area contributed by atoms with Crippen LogP contribution in [0.1, 0.15) is 86.5 Å². The lowest BCUT2D eigenvalue weighted by molar-refractivity contribution is -0.240. The third kappa shape index (κ3) is 3.87. The maximum atomic E-state index is 13.7. The molecule has 4 rings (SSSR count). The second-order valence-corrected chi connectivity index (χ2v) is 11.7. The first-order valence-electron chi connectivity index (χ1n) is 13.0. The molecule has 0 amide bonds. The van der Waals surface area contributed by atoms with E-state index in [9.17, 15) is 19.2 Å². The second-order valence-electron chi connectivity index (χ2n) is 11.7. The number of esters is 3. The third-order valence-electron chi connectivity index (χ3n) is 10.2. The maximum absolute atomic E-state index is 13.7. The van der Waals surface area contributed by atoms with Crippen LogP contribution in [0.5, 0.6) is 0 Å². The molecule has 0 heterocycles. The number of ether oxygens (including phenoxy) is 3. The summed E-state index contributed by atoms with van der Waals surface area (Å²) in [6, 6.07) is 0. The highest BCUT2D eigenvalue weighted by Gasteiger charge is 2.68. The van der Waals surface area contributed by atoms with Gasteiger partial charge < -0.3 is 14.2 Å². The van der Waals surface area contributed by atoms with Crippen molar-refractivity contribution in [3.8, 4) is 0 Å². The quantitative estimate of drug-likeness (QED) is 0.442. The Morgan fingerprint density at radius 1 is 0.912 bits per heavy atom. The van der Waals surface area contributed by atoms with Crippen molar-refractivity contribution in [2.24, 2.45) is 40.4 Å². The molecule has 4 aliphatic rings. The van der Waals surface area contributed by atoms with Gasteiger partial charge in [-0.25, -0.2) is 0 Å². The van der Waals surface area contributed by atoms with E-state index in [0.29, 0.717) is 18.3 Å². The fourth-order valence-electron chi connectivity index (χ4n) is 8.84. The lowest BCUT2D eigenvalue weighted by Crippen LogP contribution is -2.68. The molecule has 0 aromatic heterocycles. The first kappa shape index (κ1) is 25.2. The molecule has 0 N–H and O–H groups in total. The highest BCUT2D eigenvalue weighted by atomic mass is 16.6. The predicted octanol–water partition coefficient (Wildman–Crippen LogP) is 4.25. The lowest BCUT2D eigenvalue weighted by Gasteiger charge is -2.62. The number of hydrogen-bond donors (Lipinski definition) is 0. The SMILES string of the molecule is CC[C@H]1CC[C@H]2[C@@H]3CC(=O)[C@H]4C[C@@H](OC(C)=O)[C@@H](OC(C)=O)C(OC(C)=O)[C@]4(C)[C@H]3CC[C@]12C. The minimum absolute atomic E-state index is 0.156. The minimum Gasteiger partial charge on any atom is -0.458 e. The van der Waals surface area contributed by atoms with E-state index in [1.54, 1.807) is 0 Å². The van der Waals surface area contributed by atoms with Gasteiger partial charge in [-0.15, -0.1) is 0 Å². The van der Waals surface area contributed by atoms with Crippen LogP contribution in [0.4, 0.5) is 0 Å². The van der Waals surface area contributed by atoms with Gasteiger partial charge in [-0.1, -0.05) is 27.2 Å². The van der Waals surface area contributed by atoms with Crippen LogP contribution in [0.2, 0.25) is 0 Å². The van der Waals surface area contributed by atoms with E-state index in [1.807, 2.05) is 0 Å². The summed E-state index contributed by atoms with van der Waals surface area (Å²) in [5, 5.41) is 0. The molecule has 0 aromatic carbocycles. The Hall–Kier alpha value is -1.92. The van der Waals surface area contributed by atoms with E-state index in [-0.39, 0.29) is 29.5 Å². The van der Waals surface area contributed by atoms with Crippen LogP contribution in [-0.2, 0) is 33.4 Å². The van der Waals surface area contributed by atoms with Gasteiger partial charge in [-0.2, -0.15) is 0 Å². The van der Waals surface area contributed by atoms with Crippen molar-refractivity contribution >= 4 is 23.7 Å². The summed E-state index contributed by atoms with van der Waals surface area (Å²) < 4.78 is 17.1. The number of carbonyl (C=O) groups is 4. The molecule has 7 heteroatoms. The second kappa shape index (κ2) is 8.94. The summed E-state index contributed by atoms with van der Waals surface area (Å²) in [4.78, 5) is 50.0. The molecule has 4 saturated carbocycles. The Bertz CT molecular complexity index is 867. The molecule has 190 valence electrons. The molecule has 34 heavy (non-hydrogen) atoms. The first-order chi connectivity index (χ1) is 15.9. The van der Waals surface area contributed by atoms with Crippen LogP contribution in [0.15, 0.2) is 0 Å². The fraction of sp³-hybridized carbons (Fsp3) is 0.852. The Kier molecular flexibility index (Phi) is 6.62. The Labute approximate surface area is 202 Å². The number of rotatable bonds is 4. The van der Waals surface area contributed by atoms with Crippen molar-refractivity contribution in [2.75, 3.05) is 0 Å². The third-order valence-corrected chi connectivity index (χ3v) is 10.2. The molecule has 1 unspecified atom stereocenters. The van der Waals surface area contributed by atoms with Gasteiger partial charge in [0.2, 0.25) is 0 Å². The van der Waals surface area contributed by atoms with Gasteiger partial charge in [-0.05, 0) is 61.2 Å². The molecular weight excluding hydrogens is 436 g/mol. The van der Waals surface area contributed by atoms with E-state index < -0.39 is 47.6 Å². The molecule has 0 bridgehead atoms. The molecular formula is C27H40O7. The van der Waals surface area contributed by atoms with Gasteiger partial charge in [0.15, 0.2) is 6.10 Å². The van der Waals surface area contributed by atoms with Crippen LogP contribution >= 0.6 is 0 Å². The molecule has 4 aliphatic carbocycles. The summed E-state index contributed by atoms with van der Waals surface area (Å²) >= 11 is 0. The standard InChI is InChI=1S/C27H40O7/c1-7-17-8-9-19-18-12-22(31)21-13-23(32-14(2)28)24(33-15(3)29)25(34-16(4)30)27(21,6)20(18)10-11-26(17,19)5/h17-21,23-25H,7-13H2,1-6H3/t17-,18-,19-,20-,21+,23+,24+,25?,26+,27+/m0/s1. The van der Waals surface area contributed by atoms with Gasteiger partial charge >= 0.3 is 17.9 Å². The maximum Gasteiger partial charge on any atom is 0.303 e. The average Bonchev–Trinajstić information content (AvgIpc) is 3.07. The topological polar surface area (TPSA) is 96.0 Å². The Morgan fingerprint density at radius 3 is 2.15 bits per heavy atom. The number of carbonyl (C=O) groups excluding carboxylic acids is 4. The normalized spacial score (nSPS) is 45.4. The van der Waals surface area contributed by atoms with Gasteiger partial charge in [0.1, 0.15) is 18.0 Å². The van der Waals surface area contributed by atoms with E-state index >= 15 is 0 Å². The number of Topliss-reactive ketones (excluding diaryl/α,β-unsaturated/α-hetero) is 1. The van der Waals surface area contributed by atoms with Gasteiger partial charge in [0, 0.05) is 38.5 Å². The summed E-state index contributed by atoms with van der Waals surface area (Å²) in [6.45, 7) is 10.7. The zero-order valence-corrected chi connectivity index (χ0v) is 21.4. The van der Waals surface area contributed by atoms with Crippen molar-refractivity contribution in [3.63, 3.8) is 0 Å². The van der Waals surface area contributed by atoms with Crippen molar-refractivity contribution < 1.29 is 33.4 Å². The van der Waals surface area contributed by atoms with Crippen LogP contribution in [-0.4, -0.2) is 42.0 Å².